The maximum Gasteiger partial charge on any atom is 0.228 e. The first-order valence-corrected chi connectivity index (χ1v) is 10.3. The molecule has 0 spiro atoms. The average molecular weight is 421 g/mol. The minimum absolute atomic E-state index is 0.0502. The van der Waals surface area contributed by atoms with E-state index < -0.39 is 0 Å². The minimum atomic E-state index is -0.0502. The van der Waals surface area contributed by atoms with Gasteiger partial charge in [-0.3, -0.25) is 4.79 Å². The van der Waals surface area contributed by atoms with Crippen LogP contribution in [0.15, 0.2) is 54.4 Å². The molecule has 2 aliphatic rings. The lowest BCUT2D eigenvalue weighted by molar-refractivity contribution is -0.118. The topological polar surface area (TPSA) is 83.4 Å². The molecule has 2 aromatic heterocycles. The number of nitrogens with one attached hydrogen (secondary N) is 3. The van der Waals surface area contributed by atoms with Crippen LogP contribution in [0.25, 0.3) is 11.7 Å². The van der Waals surface area contributed by atoms with E-state index in [0.717, 1.165) is 29.2 Å². The highest BCUT2D eigenvalue weighted by atomic mass is 35.5. The second kappa shape index (κ2) is 7.50. The van der Waals surface area contributed by atoms with Crippen molar-refractivity contribution >= 4 is 46.6 Å². The third kappa shape index (κ3) is 3.89. The molecule has 3 aromatic rings. The highest BCUT2D eigenvalue weighted by molar-refractivity contribution is 6.30. The van der Waals surface area contributed by atoms with E-state index in [1.165, 1.54) is 12.8 Å². The molecule has 152 valence electrons. The number of carbonyl (C=O) groups is 1. The summed E-state index contributed by atoms with van der Waals surface area (Å²) >= 11 is 6.12. The Labute approximate surface area is 178 Å². The number of allylic oxidation sites excluding steroid dienone is 1. The fraction of sp³-hybridized carbons (Fsp3) is 0.227. The van der Waals surface area contributed by atoms with Crippen molar-refractivity contribution in [2.75, 3.05) is 17.2 Å². The minimum Gasteiger partial charge on any atom is -0.370 e. The van der Waals surface area contributed by atoms with Crippen LogP contribution in [0.3, 0.4) is 0 Å². The van der Waals surface area contributed by atoms with Crippen molar-refractivity contribution in [2.45, 2.75) is 19.3 Å². The van der Waals surface area contributed by atoms with Crippen LogP contribution >= 0.6 is 11.6 Å². The Hall–Kier alpha value is -3.32. The predicted molar refractivity (Wildman–Crippen MR) is 119 cm³/mol. The summed E-state index contributed by atoms with van der Waals surface area (Å²) < 4.78 is 1.80. The highest BCUT2D eigenvalue weighted by Crippen LogP contribution is 2.30. The Balaban J connectivity index is 1.55. The molecule has 8 heteroatoms. The molecule has 30 heavy (non-hydrogen) atoms. The standard InChI is InChI=1S/C22H21ClN6O/c1-13-15(8-21(30)26-13)7-16-12-25-29-20(24-11-14-5-6-14)10-19(28-22(16)29)27-18-4-2-3-17(23)9-18/h2-4,7,9-10,12,14,24H,1,5-6,8,11H2,(H,26,30)(H,27,28)/b15-7+. The molecular formula is C22H21ClN6O. The zero-order valence-corrected chi connectivity index (χ0v) is 17.0. The van der Waals surface area contributed by atoms with Crippen LogP contribution in [-0.2, 0) is 4.79 Å². The quantitative estimate of drug-likeness (QED) is 0.551. The molecule has 0 bridgehead atoms. The molecular weight excluding hydrogens is 400 g/mol. The first kappa shape index (κ1) is 18.7. The van der Waals surface area contributed by atoms with Crippen molar-refractivity contribution in [1.29, 1.82) is 0 Å². The second-order valence-electron chi connectivity index (χ2n) is 7.69. The lowest BCUT2D eigenvalue weighted by Crippen LogP contribution is -2.10. The summed E-state index contributed by atoms with van der Waals surface area (Å²) in [6.07, 6.45) is 6.51. The number of fused-ring (bicyclic) bond motifs is 1. The lowest BCUT2D eigenvalue weighted by atomic mass is 10.1. The summed E-state index contributed by atoms with van der Waals surface area (Å²) in [5, 5.41) is 14.7. The zero-order chi connectivity index (χ0) is 20.7. The van der Waals surface area contributed by atoms with Crippen LogP contribution < -0.4 is 16.0 Å². The molecule has 7 nitrogen and oxygen atoms in total. The Morgan fingerprint density at radius 1 is 1.33 bits per heavy atom. The first-order chi connectivity index (χ1) is 14.5. The molecule has 3 N–H and O–H groups in total. The number of amides is 1. The van der Waals surface area contributed by atoms with Crippen molar-refractivity contribution in [3.8, 4) is 0 Å². The van der Waals surface area contributed by atoms with E-state index >= 15 is 0 Å². The molecule has 1 amide bonds. The lowest BCUT2D eigenvalue weighted by Gasteiger charge is -2.12. The maximum atomic E-state index is 11.7. The maximum absolute atomic E-state index is 11.7. The van der Waals surface area contributed by atoms with Crippen molar-refractivity contribution in [3.05, 3.63) is 65.0 Å². The summed E-state index contributed by atoms with van der Waals surface area (Å²) in [7, 11) is 0. The molecule has 1 aliphatic carbocycles. The molecule has 1 saturated carbocycles. The highest BCUT2D eigenvalue weighted by Gasteiger charge is 2.22. The first-order valence-electron chi connectivity index (χ1n) is 9.90. The number of anilines is 3. The third-order valence-electron chi connectivity index (χ3n) is 5.22. The van der Waals surface area contributed by atoms with Gasteiger partial charge < -0.3 is 16.0 Å². The number of aromatic nitrogens is 3. The van der Waals surface area contributed by atoms with Crippen LogP contribution in [0.2, 0.25) is 5.02 Å². The van der Waals surface area contributed by atoms with Gasteiger partial charge in [-0.25, -0.2) is 4.98 Å². The third-order valence-corrected chi connectivity index (χ3v) is 5.46. The van der Waals surface area contributed by atoms with Crippen LogP contribution in [0.5, 0.6) is 0 Å². The van der Waals surface area contributed by atoms with Gasteiger partial charge in [0, 0.05) is 34.6 Å². The zero-order valence-electron chi connectivity index (χ0n) is 16.3. The Morgan fingerprint density at radius 3 is 2.93 bits per heavy atom. The smallest absolute Gasteiger partial charge is 0.228 e. The van der Waals surface area contributed by atoms with Crippen LogP contribution in [-0.4, -0.2) is 27.0 Å². The largest absolute Gasteiger partial charge is 0.370 e. The SMILES string of the molecule is C=C1NC(=O)C/C1=C\c1cnn2c(NCC3CC3)cc(Nc3cccc(Cl)c3)nc12. The molecule has 0 radical (unpaired) electrons. The normalized spacial score (nSPS) is 17.6. The molecule has 5 rings (SSSR count). The van der Waals surface area contributed by atoms with Crippen LogP contribution in [0, 0.1) is 5.92 Å². The van der Waals surface area contributed by atoms with Gasteiger partial charge >= 0.3 is 0 Å². The van der Waals surface area contributed by atoms with E-state index in [1.54, 1.807) is 10.7 Å². The van der Waals surface area contributed by atoms with E-state index in [4.69, 9.17) is 16.6 Å². The van der Waals surface area contributed by atoms with Crippen molar-refractivity contribution in [3.63, 3.8) is 0 Å². The number of benzene rings is 1. The molecule has 0 atom stereocenters. The van der Waals surface area contributed by atoms with Crippen molar-refractivity contribution < 1.29 is 4.79 Å². The van der Waals surface area contributed by atoms with E-state index in [-0.39, 0.29) is 5.91 Å². The Morgan fingerprint density at radius 2 is 2.20 bits per heavy atom. The van der Waals surface area contributed by atoms with Gasteiger partial charge in [0.1, 0.15) is 11.6 Å². The number of carbonyl (C=O) groups excluding carboxylic acids is 1. The number of hydrogen-bond donors (Lipinski definition) is 3. The Bertz CT molecular complexity index is 1190. The monoisotopic (exact) mass is 420 g/mol. The number of rotatable bonds is 6. The summed E-state index contributed by atoms with van der Waals surface area (Å²) in [4.78, 5) is 16.4. The van der Waals surface area contributed by atoms with E-state index in [9.17, 15) is 4.79 Å². The fourth-order valence-corrected chi connectivity index (χ4v) is 3.65. The van der Waals surface area contributed by atoms with Gasteiger partial charge in [0.15, 0.2) is 5.65 Å². The van der Waals surface area contributed by atoms with Crippen molar-refractivity contribution in [2.24, 2.45) is 5.92 Å². The van der Waals surface area contributed by atoms with E-state index in [0.29, 0.717) is 34.5 Å². The second-order valence-corrected chi connectivity index (χ2v) is 8.13. The van der Waals surface area contributed by atoms with Gasteiger partial charge in [-0.2, -0.15) is 9.61 Å². The van der Waals surface area contributed by atoms with Gasteiger partial charge in [-0.1, -0.05) is 24.2 Å². The molecule has 1 aromatic carbocycles. The number of hydrogen-bond acceptors (Lipinski definition) is 5. The summed E-state index contributed by atoms with van der Waals surface area (Å²) in [5.41, 5.74) is 3.84. The van der Waals surface area contributed by atoms with Gasteiger partial charge in [0.2, 0.25) is 5.91 Å². The number of halogens is 1. The van der Waals surface area contributed by atoms with E-state index in [1.807, 2.05) is 36.4 Å². The summed E-state index contributed by atoms with van der Waals surface area (Å²) in [6.45, 7) is 4.82. The molecule has 2 fully saturated rings. The van der Waals surface area contributed by atoms with Crippen molar-refractivity contribution in [1.82, 2.24) is 19.9 Å². The van der Waals surface area contributed by atoms with E-state index in [2.05, 4.69) is 27.6 Å². The Kier molecular flexibility index (Phi) is 4.67. The van der Waals surface area contributed by atoms with Crippen LogP contribution in [0.4, 0.5) is 17.3 Å². The summed E-state index contributed by atoms with van der Waals surface area (Å²) in [6, 6.07) is 9.45. The molecule has 1 aliphatic heterocycles. The average Bonchev–Trinajstić information content (AvgIpc) is 3.37. The molecule has 0 unspecified atom stereocenters. The molecule has 3 heterocycles. The molecule has 1 saturated heterocycles. The van der Waals surface area contributed by atoms with Gasteiger partial charge in [-0.15, -0.1) is 0 Å². The number of nitrogens with zero attached hydrogens (tertiary/aromatic N) is 3. The van der Waals surface area contributed by atoms with Gasteiger partial charge in [0.05, 0.1) is 12.6 Å². The van der Waals surface area contributed by atoms with Crippen LogP contribution in [0.1, 0.15) is 24.8 Å². The fourth-order valence-electron chi connectivity index (χ4n) is 3.45. The predicted octanol–water partition coefficient (Wildman–Crippen LogP) is 4.37. The van der Waals surface area contributed by atoms with Gasteiger partial charge in [0.25, 0.3) is 0 Å². The summed E-state index contributed by atoms with van der Waals surface area (Å²) in [5.74, 6) is 2.21. The van der Waals surface area contributed by atoms with Gasteiger partial charge in [-0.05, 0) is 48.6 Å².